The van der Waals surface area contributed by atoms with Crippen LogP contribution in [0, 0.1) is 28.6 Å². The molecule has 0 radical (unpaired) electrons. The van der Waals surface area contributed by atoms with E-state index in [2.05, 4.69) is 9.97 Å². The van der Waals surface area contributed by atoms with Crippen molar-refractivity contribution in [2.75, 3.05) is 13.1 Å². The Kier molecular flexibility index (Phi) is 10.5. The quantitative estimate of drug-likeness (QED) is 0.398. The summed E-state index contributed by atoms with van der Waals surface area (Å²) in [5, 5.41) is 17.8. The van der Waals surface area contributed by atoms with Gasteiger partial charge >= 0.3 is 12.2 Å². The van der Waals surface area contributed by atoms with Gasteiger partial charge in [0.25, 0.3) is 0 Å². The summed E-state index contributed by atoms with van der Waals surface area (Å²) < 4.78 is 35.2. The first-order chi connectivity index (χ1) is 20.4. The summed E-state index contributed by atoms with van der Waals surface area (Å²) in [6.07, 6.45) is -1.21. The van der Waals surface area contributed by atoms with Crippen LogP contribution in [0.25, 0.3) is 0 Å². The fourth-order valence-electron chi connectivity index (χ4n) is 4.09. The van der Waals surface area contributed by atoms with Crippen LogP contribution in [-0.4, -0.2) is 80.5 Å². The number of ether oxygens (including phenoxy) is 4. The van der Waals surface area contributed by atoms with Crippen LogP contribution >= 0.6 is 11.6 Å². The lowest BCUT2D eigenvalue weighted by atomic mass is 10.0. The van der Waals surface area contributed by atoms with Gasteiger partial charge in [-0.1, -0.05) is 11.6 Å². The number of likely N-dealkylation sites (tertiary alicyclic amines) is 2. The number of amides is 2. The van der Waals surface area contributed by atoms with E-state index in [4.69, 9.17) is 41.1 Å². The summed E-state index contributed by atoms with van der Waals surface area (Å²) in [6, 6.07) is 8.92. The Morgan fingerprint density at radius 2 is 1.23 bits per heavy atom. The van der Waals surface area contributed by atoms with Crippen molar-refractivity contribution in [2.45, 2.75) is 90.9 Å². The summed E-state index contributed by atoms with van der Waals surface area (Å²) in [5.74, 6) is -0.0768. The highest BCUT2D eigenvalue weighted by molar-refractivity contribution is 6.29. The second-order valence-electron chi connectivity index (χ2n) is 12.3. The molecule has 0 spiro atoms. The average molecular weight is 631 g/mol. The molecular formula is C30H36ClFN6O6. The maximum atomic E-state index is 13.2. The zero-order valence-corrected chi connectivity index (χ0v) is 26.7. The van der Waals surface area contributed by atoms with Crippen LogP contribution in [0.4, 0.5) is 14.0 Å². The zero-order chi connectivity index (χ0) is 33.0. The second kappa shape index (κ2) is 13.5. The Bertz CT molecular complexity index is 1350. The highest BCUT2D eigenvalue weighted by Gasteiger charge is 2.43. The number of aromatic nitrogens is 2. The Balaban J connectivity index is 0.000000240. The summed E-state index contributed by atoms with van der Waals surface area (Å²) >= 11 is 5.83. The van der Waals surface area contributed by atoms with Gasteiger partial charge in [-0.15, -0.1) is 0 Å². The first-order valence-corrected chi connectivity index (χ1v) is 14.2. The number of halogens is 2. The molecule has 2 aromatic rings. The third-order valence-corrected chi connectivity index (χ3v) is 6.60. The fourth-order valence-corrected chi connectivity index (χ4v) is 4.29. The van der Waals surface area contributed by atoms with Crippen LogP contribution in [0.2, 0.25) is 5.15 Å². The molecule has 2 aromatic heterocycles. The smallest absolute Gasteiger partial charge is 0.410 e. The molecule has 2 saturated heterocycles. The van der Waals surface area contributed by atoms with Crippen LogP contribution in [0.5, 0.6) is 11.5 Å². The van der Waals surface area contributed by atoms with Gasteiger partial charge in [-0.3, -0.25) is 9.80 Å². The summed E-state index contributed by atoms with van der Waals surface area (Å²) in [5.41, 5.74) is -0.939. The van der Waals surface area contributed by atoms with Gasteiger partial charge in [-0.25, -0.2) is 19.6 Å². The molecule has 0 aliphatic carbocycles. The summed E-state index contributed by atoms with van der Waals surface area (Å²) in [7, 11) is 0. The van der Waals surface area contributed by atoms with Crippen LogP contribution in [0.1, 0.15) is 66.8 Å². The number of hydrogen-bond donors (Lipinski definition) is 0. The molecule has 14 heteroatoms. The highest BCUT2D eigenvalue weighted by Crippen LogP contribution is 2.28. The Morgan fingerprint density at radius 3 is 1.61 bits per heavy atom. The van der Waals surface area contributed by atoms with Crippen LogP contribution < -0.4 is 9.47 Å². The normalized spacial score (nSPS) is 20.8. The van der Waals surface area contributed by atoms with Crippen molar-refractivity contribution in [1.29, 1.82) is 10.5 Å². The number of rotatable bonds is 4. The van der Waals surface area contributed by atoms with E-state index in [0.29, 0.717) is 18.8 Å². The molecular weight excluding hydrogens is 595 g/mol. The van der Waals surface area contributed by atoms with Crippen molar-refractivity contribution in [1.82, 2.24) is 19.8 Å². The molecule has 44 heavy (non-hydrogen) atoms. The maximum Gasteiger partial charge on any atom is 0.410 e. The van der Waals surface area contributed by atoms with Crippen molar-refractivity contribution in [2.24, 2.45) is 0 Å². The van der Waals surface area contributed by atoms with Crippen LogP contribution in [0.3, 0.4) is 0 Å². The second-order valence-corrected chi connectivity index (χ2v) is 12.7. The van der Waals surface area contributed by atoms with Gasteiger partial charge in [0.2, 0.25) is 5.95 Å². The molecule has 12 nitrogen and oxygen atoms in total. The first-order valence-electron chi connectivity index (χ1n) is 13.9. The van der Waals surface area contributed by atoms with Crippen LogP contribution in [-0.2, 0) is 9.47 Å². The molecule has 4 atom stereocenters. The van der Waals surface area contributed by atoms with E-state index >= 15 is 0 Å². The monoisotopic (exact) mass is 630 g/mol. The van der Waals surface area contributed by atoms with Gasteiger partial charge in [0.15, 0.2) is 0 Å². The van der Waals surface area contributed by atoms with E-state index in [-0.39, 0.29) is 52.7 Å². The zero-order valence-electron chi connectivity index (χ0n) is 25.9. The van der Waals surface area contributed by atoms with Crippen molar-refractivity contribution in [3.63, 3.8) is 0 Å². The lowest BCUT2D eigenvalue weighted by Crippen LogP contribution is -2.63. The van der Waals surface area contributed by atoms with E-state index in [0.717, 1.165) is 6.07 Å². The van der Waals surface area contributed by atoms with Gasteiger partial charge in [0.1, 0.15) is 63.6 Å². The lowest BCUT2D eigenvalue weighted by molar-refractivity contribution is -0.0540. The van der Waals surface area contributed by atoms with Gasteiger partial charge in [-0.2, -0.15) is 14.9 Å². The number of nitrogens with zero attached hydrogens (tertiary/aromatic N) is 6. The largest absolute Gasteiger partial charge is 0.486 e. The number of carbonyl (C=O) groups is 2. The van der Waals surface area contributed by atoms with E-state index in [1.165, 1.54) is 12.1 Å². The molecule has 236 valence electrons. The SMILES string of the molecule is C[C@@H]1[C@@H](Oc2cc(Cl)nc(C#N)c2)CN1C(=O)OC(C)(C)C.C[C@@H]1[C@@H](Oc2cc(F)nc(C#N)c2)CN1C(=O)OC(C)(C)C. The van der Waals surface area contributed by atoms with Gasteiger partial charge in [0.05, 0.1) is 25.2 Å². The number of nitriles is 2. The molecule has 0 bridgehead atoms. The molecule has 0 aromatic carbocycles. The lowest BCUT2D eigenvalue weighted by Gasteiger charge is -2.45. The van der Waals surface area contributed by atoms with E-state index in [9.17, 15) is 14.0 Å². The molecule has 2 aliphatic heterocycles. The molecule has 2 fully saturated rings. The Morgan fingerprint density at radius 1 is 0.818 bits per heavy atom. The third-order valence-electron chi connectivity index (χ3n) is 6.41. The van der Waals surface area contributed by atoms with Crippen LogP contribution in [0.15, 0.2) is 24.3 Å². The molecule has 4 heterocycles. The molecule has 4 rings (SSSR count). The van der Waals surface area contributed by atoms with Crippen molar-refractivity contribution in [3.05, 3.63) is 46.8 Å². The van der Waals surface area contributed by atoms with Gasteiger partial charge < -0.3 is 18.9 Å². The van der Waals surface area contributed by atoms with E-state index in [1.54, 1.807) is 42.7 Å². The van der Waals surface area contributed by atoms with E-state index < -0.39 is 23.2 Å². The highest BCUT2D eigenvalue weighted by atomic mass is 35.5. The minimum absolute atomic E-state index is 0.0500. The van der Waals surface area contributed by atoms with E-state index in [1.807, 2.05) is 40.7 Å². The van der Waals surface area contributed by atoms with Crippen molar-refractivity contribution >= 4 is 23.8 Å². The molecule has 0 saturated carbocycles. The number of hydrogen-bond acceptors (Lipinski definition) is 10. The van der Waals surface area contributed by atoms with Gasteiger partial charge in [-0.05, 0) is 55.4 Å². The third kappa shape index (κ3) is 9.32. The Labute approximate surface area is 261 Å². The fraction of sp³-hybridized carbons (Fsp3) is 0.533. The standard InChI is InChI=1S/C15H18ClN3O3.C15H18FN3O3/c2*1-9-12(8-19(9)14(20)22-15(2,3)4)21-11-5-10(7-17)18-13(16)6-11/h2*5-6,9,12H,8H2,1-4H3/t2*9-,12+/m11/s1. The maximum absolute atomic E-state index is 13.2. The number of carbonyl (C=O) groups excluding carboxylic acids is 2. The predicted molar refractivity (Wildman–Crippen MR) is 157 cm³/mol. The molecule has 2 aliphatic rings. The summed E-state index contributed by atoms with van der Waals surface area (Å²) in [6.45, 7) is 15.3. The topological polar surface area (TPSA) is 151 Å². The Hall–Kier alpha value is -4.36. The number of pyridine rings is 2. The molecule has 0 N–H and O–H groups in total. The minimum Gasteiger partial charge on any atom is -0.486 e. The van der Waals surface area contributed by atoms with Gasteiger partial charge in [0, 0.05) is 24.3 Å². The summed E-state index contributed by atoms with van der Waals surface area (Å²) in [4.78, 5) is 34.3. The minimum atomic E-state index is -0.773. The predicted octanol–water partition coefficient (Wildman–Crippen LogP) is 5.47. The van der Waals surface area contributed by atoms with Crippen molar-refractivity contribution in [3.8, 4) is 23.6 Å². The molecule has 2 amide bonds. The average Bonchev–Trinajstić information content (AvgIpc) is 2.89. The first kappa shape index (κ1) is 34.1. The van der Waals surface area contributed by atoms with Crippen molar-refractivity contribution < 1.29 is 32.9 Å². The molecule has 0 unspecified atom stereocenters.